The van der Waals surface area contributed by atoms with Crippen LogP contribution in [0.15, 0.2) is 18.3 Å². The monoisotopic (exact) mass is 277 g/mol. The van der Waals surface area contributed by atoms with E-state index in [0.29, 0.717) is 12.0 Å². The highest BCUT2D eigenvalue weighted by molar-refractivity contribution is 5.14. The van der Waals surface area contributed by atoms with Gasteiger partial charge in [-0.2, -0.15) is 0 Å². The quantitative estimate of drug-likeness (QED) is 0.828. The van der Waals surface area contributed by atoms with Crippen LogP contribution in [0.4, 0.5) is 0 Å². The number of rotatable bonds is 7. The van der Waals surface area contributed by atoms with E-state index in [1.165, 1.54) is 12.0 Å². The molecule has 0 amide bonds. The lowest BCUT2D eigenvalue weighted by Crippen LogP contribution is -2.23. The van der Waals surface area contributed by atoms with E-state index in [1.807, 2.05) is 6.20 Å². The van der Waals surface area contributed by atoms with Gasteiger partial charge in [0.2, 0.25) is 0 Å². The van der Waals surface area contributed by atoms with Crippen LogP contribution >= 0.6 is 0 Å². The minimum Gasteiger partial charge on any atom is -0.384 e. The fourth-order valence-corrected chi connectivity index (χ4v) is 2.63. The molecule has 0 spiro atoms. The zero-order valence-electron chi connectivity index (χ0n) is 12.9. The Bertz CT molecular complexity index is 391. The van der Waals surface area contributed by atoms with Gasteiger partial charge in [0, 0.05) is 39.0 Å². The standard InChI is InChI=1S/C16H27N3O/c1-13(2)17-8-14-4-5-16(18-9-14)11-19-7-6-15(10-19)12-20-3/h4-5,9,13,15,17H,6-8,10-12H2,1-3H3. The van der Waals surface area contributed by atoms with E-state index < -0.39 is 0 Å². The number of likely N-dealkylation sites (tertiary alicyclic amines) is 1. The van der Waals surface area contributed by atoms with Crippen LogP contribution in [0.3, 0.4) is 0 Å². The molecule has 0 aromatic carbocycles. The summed E-state index contributed by atoms with van der Waals surface area (Å²) in [5.41, 5.74) is 2.41. The van der Waals surface area contributed by atoms with Crippen LogP contribution in [0, 0.1) is 5.92 Å². The van der Waals surface area contributed by atoms with Crippen LogP contribution < -0.4 is 5.32 Å². The Kier molecular flexibility index (Phi) is 5.95. The SMILES string of the molecule is COCC1CCN(Cc2ccc(CNC(C)C)cn2)C1. The Labute approximate surface area is 122 Å². The lowest BCUT2D eigenvalue weighted by Gasteiger charge is -2.15. The molecule has 2 heterocycles. The summed E-state index contributed by atoms with van der Waals surface area (Å²) >= 11 is 0. The minimum absolute atomic E-state index is 0.511. The Morgan fingerprint density at radius 3 is 2.95 bits per heavy atom. The third kappa shape index (κ3) is 4.85. The van der Waals surface area contributed by atoms with Gasteiger partial charge >= 0.3 is 0 Å². The molecule has 1 fully saturated rings. The third-order valence-corrected chi connectivity index (χ3v) is 3.76. The summed E-state index contributed by atoms with van der Waals surface area (Å²) in [7, 11) is 1.79. The van der Waals surface area contributed by atoms with E-state index in [2.05, 4.69) is 41.2 Å². The van der Waals surface area contributed by atoms with Gasteiger partial charge < -0.3 is 10.1 Å². The molecule has 1 N–H and O–H groups in total. The number of hydrogen-bond acceptors (Lipinski definition) is 4. The van der Waals surface area contributed by atoms with Gasteiger partial charge in [-0.05, 0) is 30.5 Å². The first-order chi connectivity index (χ1) is 9.67. The lowest BCUT2D eigenvalue weighted by molar-refractivity contribution is 0.152. The predicted octanol–water partition coefficient (Wildman–Crippen LogP) is 2.05. The molecule has 1 aliphatic rings. The number of nitrogens with one attached hydrogen (secondary N) is 1. The highest BCUT2D eigenvalue weighted by Crippen LogP contribution is 2.18. The van der Waals surface area contributed by atoms with Crippen LogP contribution in [0.25, 0.3) is 0 Å². The molecular weight excluding hydrogens is 250 g/mol. The maximum absolute atomic E-state index is 5.24. The van der Waals surface area contributed by atoms with Crippen molar-refractivity contribution in [3.8, 4) is 0 Å². The second-order valence-corrected chi connectivity index (χ2v) is 6.04. The van der Waals surface area contributed by atoms with Crippen LogP contribution in [0.2, 0.25) is 0 Å². The van der Waals surface area contributed by atoms with Crippen molar-refractivity contribution >= 4 is 0 Å². The first-order valence-electron chi connectivity index (χ1n) is 7.56. The highest BCUT2D eigenvalue weighted by Gasteiger charge is 2.22. The molecule has 1 aromatic heterocycles. The molecule has 0 aliphatic carbocycles. The van der Waals surface area contributed by atoms with Crippen molar-refractivity contribution in [2.75, 3.05) is 26.8 Å². The Morgan fingerprint density at radius 1 is 1.45 bits per heavy atom. The van der Waals surface area contributed by atoms with Crippen molar-refractivity contribution < 1.29 is 4.74 Å². The topological polar surface area (TPSA) is 37.4 Å². The molecule has 0 saturated carbocycles. The molecule has 1 atom stereocenters. The average Bonchev–Trinajstić information content (AvgIpc) is 2.86. The number of nitrogens with zero attached hydrogens (tertiary/aromatic N) is 2. The smallest absolute Gasteiger partial charge is 0.0544 e. The van der Waals surface area contributed by atoms with Gasteiger partial charge in [-0.25, -0.2) is 0 Å². The Balaban J connectivity index is 1.79. The van der Waals surface area contributed by atoms with E-state index in [0.717, 1.165) is 38.5 Å². The van der Waals surface area contributed by atoms with Gasteiger partial charge in [0.1, 0.15) is 0 Å². The summed E-state index contributed by atoms with van der Waals surface area (Å²) in [6, 6.07) is 4.85. The van der Waals surface area contributed by atoms with E-state index >= 15 is 0 Å². The number of ether oxygens (including phenoxy) is 1. The van der Waals surface area contributed by atoms with E-state index in [9.17, 15) is 0 Å². The van der Waals surface area contributed by atoms with Gasteiger partial charge in [-0.1, -0.05) is 19.9 Å². The van der Waals surface area contributed by atoms with Gasteiger partial charge in [0.05, 0.1) is 12.3 Å². The van der Waals surface area contributed by atoms with Gasteiger partial charge in [0.15, 0.2) is 0 Å². The van der Waals surface area contributed by atoms with Crippen molar-refractivity contribution in [1.29, 1.82) is 0 Å². The van der Waals surface area contributed by atoms with Crippen molar-refractivity contribution in [1.82, 2.24) is 15.2 Å². The molecule has 0 radical (unpaired) electrons. The summed E-state index contributed by atoms with van der Waals surface area (Å²) in [5.74, 6) is 0.689. The Hall–Kier alpha value is -0.970. The maximum Gasteiger partial charge on any atom is 0.0544 e. The molecule has 112 valence electrons. The average molecular weight is 277 g/mol. The molecule has 1 unspecified atom stereocenters. The molecule has 4 heteroatoms. The molecule has 0 bridgehead atoms. The maximum atomic E-state index is 5.24. The lowest BCUT2D eigenvalue weighted by atomic mass is 10.1. The van der Waals surface area contributed by atoms with Crippen molar-refractivity contribution in [3.05, 3.63) is 29.6 Å². The Morgan fingerprint density at radius 2 is 2.30 bits per heavy atom. The summed E-state index contributed by atoms with van der Waals surface area (Å²) in [6.07, 6.45) is 3.23. The summed E-state index contributed by atoms with van der Waals surface area (Å²) in [5, 5.41) is 3.41. The van der Waals surface area contributed by atoms with Crippen LogP contribution in [0.1, 0.15) is 31.5 Å². The third-order valence-electron chi connectivity index (χ3n) is 3.76. The predicted molar refractivity (Wildman–Crippen MR) is 81.5 cm³/mol. The van der Waals surface area contributed by atoms with E-state index in [4.69, 9.17) is 4.74 Å². The van der Waals surface area contributed by atoms with Crippen LogP contribution in [0.5, 0.6) is 0 Å². The van der Waals surface area contributed by atoms with Gasteiger partial charge in [-0.15, -0.1) is 0 Å². The summed E-state index contributed by atoms with van der Waals surface area (Å²) < 4.78 is 5.24. The second-order valence-electron chi connectivity index (χ2n) is 6.04. The summed E-state index contributed by atoms with van der Waals surface area (Å²) in [4.78, 5) is 7.05. The van der Waals surface area contributed by atoms with E-state index in [1.54, 1.807) is 7.11 Å². The second kappa shape index (κ2) is 7.72. The molecule has 2 rings (SSSR count). The fourth-order valence-electron chi connectivity index (χ4n) is 2.63. The molecule has 20 heavy (non-hydrogen) atoms. The number of pyridine rings is 1. The van der Waals surface area contributed by atoms with Crippen molar-refractivity contribution in [2.24, 2.45) is 5.92 Å². The highest BCUT2D eigenvalue weighted by atomic mass is 16.5. The van der Waals surface area contributed by atoms with Gasteiger partial charge in [-0.3, -0.25) is 9.88 Å². The molecule has 4 nitrogen and oxygen atoms in total. The normalized spacial score (nSPS) is 19.9. The fraction of sp³-hybridized carbons (Fsp3) is 0.688. The first kappa shape index (κ1) is 15.4. The molecular formula is C16H27N3O. The number of aromatic nitrogens is 1. The largest absolute Gasteiger partial charge is 0.384 e. The van der Waals surface area contributed by atoms with Crippen LogP contribution in [-0.4, -0.2) is 42.7 Å². The van der Waals surface area contributed by atoms with Gasteiger partial charge in [0.25, 0.3) is 0 Å². The van der Waals surface area contributed by atoms with Crippen molar-refractivity contribution in [3.63, 3.8) is 0 Å². The summed E-state index contributed by atoms with van der Waals surface area (Å²) in [6.45, 7) is 9.34. The molecule has 1 aromatic rings. The minimum atomic E-state index is 0.511. The first-order valence-corrected chi connectivity index (χ1v) is 7.56. The molecule has 1 aliphatic heterocycles. The number of methoxy groups -OCH3 is 1. The van der Waals surface area contributed by atoms with Crippen LogP contribution in [-0.2, 0) is 17.8 Å². The zero-order chi connectivity index (χ0) is 14.4. The van der Waals surface area contributed by atoms with E-state index in [-0.39, 0.29) is 0 Å². The van der Waals surface area contributed by atoms with Crippen molar-refractivity contribution in [2.45, 2.75) is 39.4 Å². The molecule has 1 saturated heterocycles. The zero-order valence-corrected chi connectivity index (χ0v) is 12.9. The number of hydrogen-bond donors (Lipinski definition) is 1.